The fourth-order valence-electron chi connectivity index (χ4n) is 3.24. The van der Waals surface area contributed by atoms with Crippen LogP contribution in [-0.2, 0) is 40.0 Å². The lowest BCUT2D eigenvalue weighted by molar-refractivity contribution is -0.143. The maximum atomic E-state index is 11.8. The number of ether oxygens (including phenoxy) is 1. The molecule has 1 aromatic carbocycles. The number of benzene rings is 1. The van der Waals surface area contributed by atoms with E-state index >= 15 is 0 Å². The summed E-state index contributed by atoms with van der Waals surface area (Å²) in [6.07, 6.45) is 9.29. The van der Waals surface area contributed by atoms with Crippen molar-refractivity contribution < 1.29 is 14.3 Å². The first kappa shape index (κ1) is 22.4. The largest absolute Gasteiger partial charge is 0.466 e. The Morgan fingerprint density at radius 1 is 0.769 bits per heavy atom. The zero-order valence-electron chi connectivity index (χ0n) is 17.2. The van der Waals surface area contributed by atoms with Crippen LogP contribution in [0.2, 0.25) is 0 Å². The summed E-state index contributed by atoms with van der Waals surface area (Å²) in [5.41, 5.74) is 5.30. The second-order valence-corrected chi connectivity index (χ2v) is 7.10. The number of ketones is 1. The van der Waals surface area contributed by atoms with Gasteiger partial charge in [-0.3, -0.25) is 4.79 Å². The fraction of sp³-hybridized carbons (Fsp3) is 0.652. The Morgan fingerprint density at radius 2 is 1.23 bits per heavy atom. The molecule has 3 heteroatoms. The predicted molar refractivity (Wildman–Crippen MR) is 108 cm³/mol. The number of hydrogen-bond acceptors (Lipinski definition) is 3. The third kappa shape index (κ3) is 8.16. The summed E-state index contributed by atoms with van der Waals surface area (Å²) in [5.74, 6) is 0.123. The second-order valence-electron chi connectivity index (χ2n) is 7.10. The molecular formula is C23H36O3. The van der Waals surface area contributed by atoms with E-state index < -0.39 is 0 Å². The summed E-state index contributed by atoms with van der Waals surface area (Å²) < 4.78 is 5.09. The molecule has 0 aliphatic rings. The van der Waals surface area contributed by atoms with Gasteiger partial charge in [0.25, 0.3) is 0 Å². The van der Waals surface area contributed by atoms with E-state index in [2.05, 4.69) is 26.0 Å². The first-order chi connectivity index (χ1) is 12.5. The number of carbonyl (C=O) groups excluding carboxylic acids is 2. The summed E-state index contributed by atoms with van der Waals surface area (Å²) in [5, 5.41) is 0. The Kier molecular flexibility index (Phi) is 10.9. The quantitative estimate of drug-likeness (QED) is 0.443. The van der Waals surface area contributed by atoms with Crippen LogP contribution >= 0.6 is 0 Å². The molecule has 26 heavy (non-hydrogen) atoms. The van der Waals surface area contributed by atoms with Gasteiger partial charge in [-0.15, -0.1) is 0 Å². The Bertz CT molecular complexity index is 575. The highest BCUT2D eigenvalue weighted by Crippen LogP contribution is 2.24. The van der Waals surface area contributed by atoms with Gasteiger partial charge in [0, 0.05) is 12.8 Å². The minimum atomic E-state index is -0.121. The molecule has 0 heterocycles. The lowest BCUT2D eigenvalue weighted by atomic mass is 9.89. The van der Waals surface area contributed by atoms with Gasteiger partial charge in [0.2, 0.25) is 0 Å². The van der Waals surface area contributed by atoms with Gasteiger partial charge in [-0.1, -0.05) is 38.8 Å². The van der Waals surface area contributed by atoms with Gasteiger partial charge in [-0.25, -0.2) is 0 Å². The van der Waals surface area contributed by atoms with Crippen molar-refractivity contribution in [2.45, 2.75) is 91.9 Å². The lowest BCUT2D eigenvalue weighted by Gasteiger charge is -2.17. The molecule has 1 aromatic rings. The van der Waals surface area contributed by atoms with E-state index in [0.29, 0.717) is 19.4 Å². The number of aryl methyl sites for hydroxylation is 4. The first-order valence-electron chi connectivity index (χ1n) is 10.3. The molecule has 0 spiro atoms. The lowest BCUT2D eigenvalue weighted by Crippen LogP contribution is -2.08. The van der Waals surface area contributed by atoms with Crippen molar-refractivity contribution in [3.05, 3.63) is 34.4 Å². The SMILES string of the molecule is CCCCc1cc(CCC(=O)OCC)c(CCCC)cc1CCC(C)=O. The summed E-state index contributed by atoms with van der Waals surface area (Å²) >= 11 is 0. The van der Waals surface area contributed by atoms with Gasteiger partial charge in [0.1, 0.15) is 5.78 Å². The molecular weight excluding hydrogens is 324 g/mol. The highest BCUT2D eigenvalue weighted by atomic mass is 16.5. The second kappa shape index (κ2) is 12.7. The molecule has 0 aromatic heterocycles. The minimum Gasteiger partial charge on any atom is -0.466 e. The van der Waals surface area contributed by atoms with E-state index in [0.717, 1.165) is 51.4 Å². The van der Waals surface area contributed by atoms with Crippen LogP contribution in [0.5, 0.6) is 0 Å². The van der Waals surface area contributed by atoms with E-state index in [-0.39, 0.29) is 11.8 Å². The van der Waals surface area contributed by atoms with Crippen molar-refractivity contribution in [2.75, 3.05) is 6.61 Å². The third-order valence-electron chi connectivity index (χ3n) is 4.77. The summed E-state index contributed by atoms with van der Waals surface area (Å²) in [6, 6.07) is 4.61. The first-order valence-corrected chi connectivity index (χ1v) is 10.3. The average molecular weight is 361 g/mol. The molecule has 146 valence electrons. The molecule has 0 fully saturated rings. The third-order valence-corrected chi connectivity index (χ3v) is 4.77. The smallest absolute Gasteiger partial charge is 0.306 e. The van der Waals surface area contributed by atoms with Crippen LogP contribution in [0.4, 0.5) is 0 Å². The Morgan fingerprint density at radius 3 is 1.65 bits per heavy atom. The van der Waals surface area contributed by atoms with Gasteiger partial charge in [-0.2, -0.15) is 0 Å². The number of unbranched alkanes of at least 4 members (excludes halogenated alkanes) is 2. The molecule has 0 radical (unpaired) electrons. The maximum Gasteiger partial charge on any atom is 0.306 e. The number of carbonyl (C=O) groups is 2. The average Bonchev–Trinajstić information content (AvgIpc) is 2.62. The molecule has 0 saturated heterocycles. The van der Waals surface area contributed by atoms with Crippen LogP contribution in [0, 0.1) is 0 Å². The van der Waals surface area contributed by atoms with Crippen LogP contribution in [0.3, 0.4) is 0 Å². The normalized spacial score (nSPS) is 10.8. The van der Waals surface area contributed by atoms with E-state index in [1.54, 1.807) is 6.92 Å². The Balaban J connectivity index is 3.08. The van der Waals surface area contributed by atoms with Crippen LogP contribution in [-0.4, -0.2) is 18.4 Å². The van der Waals surface area contributed by atoms with Crippen LogP contribution in [0.15, 0.2) is 12.1 Å². The molecule has 0 atom stereocenters. The van der Waals surface area contributed by atoms with Crippen LogP contribution in [0.1, 0.15) is 88.5 Å². The highest BCUT2D eigenvalue weighted by Gasteiger charge is 2.12. The zero-order valence-corrected chi connectivity index (χ0v) is 17.2. The van der Waals surface area contributed by atoms with Crippen molar-refractivity contribution in [1.82, 2.24) is 0 Å². The predicted octanol–water partition coefficient (Wildman–Crippen LogP) is 5.39. The molecule has 0 amide bonds. The molecule has 0 aliphatic heterocycles. The topological polar surface area (TPSA) is 43.4 Å². The van der Waals surface area contributed by atoms with Crippen LogP contribution < -0.4 is 0 Å². The van der Waals surface area contributed by atoms with Crippen LogP contribution in [0.25, 0.3) is 0 Å². The Labute approximate surface area is 159 Å². The molecule has 0 unspecified atom stereocenters. The van der Waals surface area contributed by atoms with E-state index in [1.807, 2.05) is 6.92 Å². The van der Waals surface area contributed by atoms with E-state index in [9.17, 15) is 9.59 Å². The van der Waals surface area contributed by atoms with Gasteiger partial charge in [0.05, 0.1) is 6.61 Å². The maximum absolute atomic E-state index is 11.8. The standard InChI is InChI=1S/C23H36O3/c1-5-8-10-19-17-22(14-15-23(25)26-7-3)20(11-9-6-2)16-21(19)13-12-18(4)24/h16-17H,5-15H2,1-4H3. The zero-order chi connectivity index (χ0) is 19.4. The number of Topliss-reactive ketones (excluding diaryl/α,β-unsaturated/α-hetero) is 1. The van der Waals surface area contributed by atoms with Gasteiger partial charge < -0.3 is 9.53 Å². The van der Waals surface area contributed by atoms with Gasteiger partial charge >= 0.3 is 5.97 Å². The molecule has 1 rings (SSSR count). The van der Waals surface area contributed by atoms with Gasteiger partial charge in [0.15, 0.2) is 0 Å². The monoisotopic (exact) mass is 360 g/mol. The summed E-state index contributed by atoms with van der Waals surface area (Å²) in [7, 11) is 0. The summed E-state index contributed by atoms with van der Waals surface area (Å²) in [6.45, 7) is 8.35. The fourth-order valence-corrected chi connectivity index (χ4v) is 3.24. The Hall–Kier alpha value is -1.64. The number of rotatable bonds is 13. The van der Waals surface area contributed by atoms with Crippen molar-refractivity contribution >= 4 is 11.8 Å². The van der Waals surface area contributed by atoms with Crippen molar-refractivity contribution in [2.24, 2.45) is 0 Å². The van der Waals surface area contributed by atoms with Crippen molar-refractivity contribution in [1.29, 1.82) is 0 Å². The number of esters is 1. The number of hydrogen-bond donors (Lipinski definition) is 0. The molecule has 0 aliphatic carbocycles. The molecule has 0 N–H and O–H groups in total. The highest BCUT2D eigenvalue weighted by molar-refractivity contribution is 5.75. The molecule has 0 saturated carbocycles. The van der Waals surface area contributed by atoms with E-state index in [4.69, 9.17) is 4.74 Å². The summed E-state index contributed by atoms with van der Waals surface area (Å²) in [4.78, 5) is 23.2. The molecule has 3 nitrogen and oxygen atoms in total. The van der Waals surface area contributed by atoms with E-state index in [1.165, 1.54) is 22.3 Å². The van der Waals surface area contributed by atoms with Crippen molar-refractivity contribution in [3.63, 3.8) is 0 Å². The molecule has 0 bridgehead atoms. The van der Waals surface area contributed by atoms with Gasteiger partial charge in [-0.05, 0) is 74.6 Å². The minimum absolute atomic E-state index is 0.121. The van der Waals surface area contributed by atoms with Crippen molar-refractivity contribution in [3.8, 4) is 0 Å².